The van der Waals surface area contributed by atoms with Gasteiger partial charge in [-0.1, -0.05) is 140 Å². The van der Waals surface area contributed by atoms with Crippen molar-refractivity contribution in [3.8, 4) is 11.1 Å². The fraction of sp³-hybridized carbons (Fsp3) is 0. The number of hydrogen-bond donors (Lipinski definition) is 1. The Morgan fingerprint density at radius 3 is 1.51 bits per heavy atom. The zero-order valence-corrected chi connectivity index (χ0v) is 24.2. The molecule has 7 aromatic rings. The molecule has 0 aliphatic carbocycles. The third-order valence-electron chi connectivity index (χ3n) is 7.95. The van der Waals surface area contributed by atoms with Gasteiger partial charge in [-0.3, -0.25) is 4.79 Å². The third-order valence-corrected chi connectivity index (χ3v) is 11.1. The summed E-state index contributed by atoms with van der Waals surface area (Å²) in [6, 6.07) is 53.1. The van der Waals surface area contributed by atoms with Crippen molar-refractivity contribution in [3.05, 3.63) is 169 Å². The van der Waals surface area contributed by atoms with E-state index in [1.54, 1.807) is 12.1 Å². The molecular weight excluding hydrogens is 545 g/mol. The van der Waals surface area contributed by atoms with Crippen molar-refractivity contribution in [2.75, 3.05) is 5.32 Å². The van der Waals surface area contributed by atoms with Crippen LogP contribution in [0.1, 0.15) is 10.4 Å². The van der Waals surface area contributed by atoms with E-state index >= 15 is 4.57 Å². The molecule has 0 saturated heterocycles. The summed E-state index contributed by atoms with van der Waals surface area (Å²) in [5.41, 5.74) is 2.94. The first kappa shape index (κ1) is 26.6. The molecule has 0 radical (unpaired) electrons. The third kappa shape index (κ3) is 4.74. The van der Waals surface area contributed by atoms with Crippen LogP contribution in [0.25, 0.3) is 32.7 Å². The zero-order valence-electron chi connectivity index (χ0n) is 23.4. The minimum atomic E-state index is -3.39. The molecule has 0 unspecified atom stereocenters. The number of rotatable bonds is 6. The molecule has 0 aliphatic rings. The lowest BCUT2D eigenvalue weighted by Crippen LogP contribution is -2.26. The maximum absolute atomic E-state index is 15.9. The van der Waals surface area contributed by atoms with Crippen LogP contribution in [0.15, 0.2) is 164 Å². The molecule has 0 bridgehead atoms. The molecule has 1 amide bonds. The van der Waals surface area contributed by atoms with Gasteiger partial charge in [0.05, 0.1) is 0 Å². The van der Waals surface area contributed by atoms with Crippen molar-refractivity contribution < 1.29 is 9.36 Å². The van der Waals surface area contributed by atoms with Crippen LogP contribution in [0.5, 0.6) is 0 Å². The Labute approximate surface area is 250 Å². The smallest absolute Gasteiger partial charge is 0.255 e. The van der Waals surface area contributed by atoms with Crippen molar-refractivity contribution in [1.29, 1.82) is 0 Å². The first-order valence-corrected chi connectivity index (χ1v) is 16.0. The molecule has 0 aromatic heterocycles. The van der Waals surface area contributed by atoms with Gasteiger partial charge in [0.2, 0.25) is 0 Å². The molecule has 7 rings (SSSR count). The number of amides is 1. The van der Waals surface area contributed by atoms with Crippen molar-refractivity contribution >= 4 is 56.2 Å². The van der Waals surface area contributed by atoms with E-state index in [1.807, 2.05) is 121 Å². The predicted octanol–water partition coefficient (Wildman–Crippen LogP) is 8.55. The average molecular weight is 574 g/mol. The monoisotopic (exact) mass is 573 g/mol. The molecule has 1 N–H and O–H groups in total. The predicted molar refractivity (Wildman–Crippen MR) is 181 cm³/mol. The van der Waals surface area contributed by atoms with E-state index in [2.05, 4.69) is 35.6 Å². The van der Waals surface area contributed by atoms with Gasteiger partial charge in [-0.25, -0.2) is 0 Å². The molecule has 0 fully saturated rings. The van der Waals surface area contributed by atoms with Gasteiger partial charge >= 0.3 is 0 Å². The van der Waals surface area contributed by atoms with E-state index in [4.69, 9.17) is 0 Å². The van der Waals surface area contributed by atoms with E-state index in [1.165, 1.54) is 0 Å². The van der Waals surface area contributed by atoms with Gasteiger partial charge in [-0.15, -0.1) is 0 Å². The summed E-state index contributed by atoms with van der Waals surface area (Å²) in [6.45, 7) is 0. The second-order valence-corrected chi connectivity index (χ2v) is 13.2. The van der Waals surface area contributed by atoms with Gasteiger partial charge in [0, 0.05) is 38.3 Å². The van der Waals surface area contributed by atoms with Gasteiger partial charge in [-0.2, -0.15) is 0 Å². The van der Waals surface area contributed by atoms with Crippen LogP contribution in [-0.2, 0) is 4.57 Å². The maximum atomic E-state index is 15.9. The minimum absolute atomic E-state index is 0.201. The summed E-state index contributed by atoms with van der Waals surface area (Å²) in [7, 11) is -3.39. The Hall–Kier alpha value is -5.24. The van der Waals surface area contributed by atoms with E-state index in [-0.39, 0.29) is 5.91 Å². The van der Waals surface area contributed by atoms with Crippen LogP contribution < -0.4 is 21.2 Å². The zero-order chi connectivity index (χ0) is 29.2. The lowest BCUT2D eigenvalue weighted by atomic mass is 9.92. The Balaban J connectivity index is 1.60. The molecule has 43 heavy (non-hydrogen) atoms. The van der Waals surface area contributed by atoms with Crippen LogP contribution in [0, 0.1) is 0 Å². The normalized spacial score (nSPS) is 11.4. The van der Waals surface area contributed by atoms with E-state index < -0.39 is 7.14 Å². The Morgan fingerprint density at radius 1 is 0.465 bits per heavy atom. The summed E-state index contributed by atoms with van der Waals surface area (Å²) in [6.07, 6.45) is 0. The topological polar surface area (TPSA) is 46.2 Å². The molecular formula is C39H28NO2P. The molecule has 0 saturated carbocycles. The van der Waals surface area contributed by atoms with Gasteiger partial charge in [0.15, 0.2) is 7.14 Å². The fourth-order valence-corrected chi connectivity index (χ4v) is 8.79. The molecule has 0 spiro atoms. The second kappa shape index (κ2) is 11.2. The molecule has 3 nitrogen and oxygen atoms in total. The lowest BCUT2D eigenvalue weighted by molar-refractivity contribution is 0.102. The van der Waals surface area contributed by atoms with Gasteiger partial charge in [-0.05, 0) is 45.8 Å². The van der Waals surface area contributed by atoms with Crippen LogP contribution in [0.2, 0.25) is 0 Å². The number of fused-ring (bicyclic) bond motifs is 2. The SMILES string of the molecule is O=C(Nc1ccc2ccccc2c1-c1c(P(=O)(c2ccccc2)c2ccccc2)ccc2ccccc12)c1ccccc1. The number of nitrogens with one attached hydrogen (secondary N) is 1. The highest BCUT2D eigenvalue weighted by molar-refractivity contribution is 7.85. The highest BCUT2D eigenvalue weighted by Gasteiger charge is 2.34. The number of anilines is 1. The number of carbonyl (C=O) groups is 1. The second-order valence-electron chi connectivity index (χ2n) is 10.5. The van der Waals surface area contributed by atoms with E-state index in [0.29, 0.717) is 11.3 Å². The lowest BCUT2D eigenvalue weighted by Gasteiger charge is -2.26. The van der Waals surface area contributed by atoms with Crippen LogP contribution >= 0.6 is 7.14 Å². The average Bonchev–Trinajstić information content (AvgIpc) is 3.08. The quantitative estimate of drug-likeness (QED) is 0.203. The van der Waals surface area contributed by atoms with Gasteiger partial charge in [0.1, 0.15) is 0 Å². The van der Waals surface area contributed by atoms with Gasteiger partial charge < -0.3 is 9.88 Å². The first-order valence-electron chi connectivity index (χ1n) is 14.3. The molecule has 0 atom stereocenters. The first-order chi connectivity index (χ1) is 21.1. The van der Waals surface area contributed by atoms with E-state index in [0.717, 1.165) is 48.6 Å². The van der Waals surface area contributed by atoms with Crippen molar-refractivity contribution in [2.45, 2.75) is 0 Å². The Morgan fingerprint density at radius 2 is 0.930 bits per heavy atom. The summed E-state index contributed by atoms with van der Waals surface area (Å²) in [4.78, 5) is 13.6. The van der Waals surface area contributed by atoms with Crippen molar-refractivity contribution in [2.24, 2.45) is 0 Å². The molecule has 7 aromatic carbocycles. The summed E-state index contributed by atoms with van der Waals surface area (Å²) >= 11 is 0. The Kier molecular flexibility index (Phi) is 6.95. The summed E-state index contributed by atoms with van der Waals surface area (Å²) < 4.78 is 15.9. The maximum Gasteiger partial charge on any atom is 0.255 e. The fourth-order valence-electron chi connectivity index (χ4n) is 5.92. The highest BCUT2D eigenvalue weighted by atomic mass is 31.2. The van der Waals surface area contributed by atoms with Crippen molar-refractivity contribution in [3.63, 3.8) is 0 Å². The number of hydrogen-bond acceptors (Lipinski definition) is 2. The van der Waals surface area contributed by atoms with E-state index in [9.17, 15) is 4.79 Å². The standard InChI is InChI=1S/C39H28NO2P/c41-39(30-16-4-1-5-17-30)40-35-26-24-28-14-10-12-22-33(28)37(35)38-34-23-13-11-15-29(34)25-27-36(38)43(42,31-18-6-2-7-19-31)32-20-8-3-9-21-32/h1-27H,(H,40,41). The Bertz CT molecular complexity index is 2100. The largest absolute Gasteiger partial charge is 0.321 e. The number of carbonyl (C=O) groups excluding carboxylic acids is 1. The van der Waals surface area contributed by atoms with Crippen LogP contribution in [0.4, 0.5) is 5.69 Å². The van der Waals surface area contributed by atoms with Crippen LogP contribution in [-0.4, -0.2) is 5.91 Å². The summed E-state index contributed by atoms with van der Waals surface area (Å²) in [5, 5.41) is 9.46. The molecule has 0 heterocycles. The molecule has 206 valence electrons. The van der Waals surface area contributed by atoms with Crippen molar-refractivity contribution in [1.82, 2.24) is 0 Å². The summed E-state index contributed by atoms with van der Waals surface area (Å²) in [5.74, 6) is -0.201. The minimum Gasteiger partial charge on any atom is -0.321 e. The van der Waals surface area contributed by atoms with Gasteiger partial charge in [0.25, 0.3) is 5.91 Å². The molecule has 0 aliphatic heterocycles. The number of benzene rings is 7. The van der Waals surface area contributed by atoms with Crippen LogP contribution in [0.3, 0.4) is 0 Å². The molecule has 4 heteroatoms. The highest BCUT2D eigenvalue weighted by Crippen LogP contribution is 2.49.